The van der Waals surface area contributed by atoms with E-state index in [9.17, 15) is 0 Å². The topological polar surface area (TPSA) is 100 Å². The summed E-state index contributed by atoms with van der Waals surface area (Å²) in [4.78, 5) is 15.7. The van der Waals surface area contributed by atoms with Crippen molar-refractivity contribution in [3.8, 4) is 0 Å². The summed E-state index contributed by atoms with van der Waals surface area (Å²) in [6.45, 7) is 0. The van der Waals surface area contributed by atoms with Crippen molar-refractivity contribution in [2.45, 2.75) is 0 Å². The van der Waals surface area contributed by atoms with Crippen LogP contribution in [-0.4, -0.2) is 32.4 Å². The molecule has 2 aromatic heterocycles. The highest BCUT2D eigenvalue weighted by Crippen LogP contribution is 1.96. The zero-order chi connectivity index (χ0) is 12.5. The van der Waals surface area contributed by atoms with Gasteiger partial charge < -0.3 is 0 Å². The van der Waals surface area contributed by atoms with Gasteiger partial charge in [0.2, 0.25) is 0 Å². The molecule has 0 bridgehead atoms. The van der Waals surface area contributed by atoms with Gasteiger partial charge in [-0.25, -0.2) is 9.97 Å². The average molecular weight is 242 g/mol. The van der Waals surface area contributed by atoms with E-state index in [0.29, 0.717) is 11.6 Å². The highest BCUT2D eigenvalue weighted by atomic mass is 15.3. The lowest BCUT2D eigenvalue weighted by atomic mass is 10.7. The molecule has 0 atom stereocenters. The molecule has 0 amide bonds. The van der Waals surface area contributed by atoms with Gasteiger partial charge >= 0.3 is 0 Å². The third kappa shape index (κ3) is 3.93. The van der Waals surface area contributed by atoms with Gasteiger partial charge in [0, 0.05) is 24.8 Å². The summed E-state index contributed by atoms with van der Waals surface area (Å²) in [6.07, 6.45) is 12.4. The Bertz CT molecular complexity index is 460. The van der Waals surface area contributed by atoms with Crippen LogP contribution >= 0.6 is 0 Å². The Labute approximate surface area is 103 Å². The van der Waals surface area contributed by atoms with E-state index in [1.165, 1.54) is 12.4 Å². The van der Waals surface area contributed by atoms with Crippen LogP contribution < -0.4 is 10.9 Å². The molecule has 0 unspecified atom stereocenters. The number of hydrazone groups is 2. The summed E-state index contributed by atoms with van der Waals surface area (Å²) in [7, 11) is 0. The van der Waals surface area contributed by atoms with Gasteiger partial charge in [-0.2, -0.15) is 10.2 Å². The van der Waals surface area contributed by atoms with Gasteiger partial charge in [0.25, 0.3) is 0 Å². The minimum atomic E-state index is 0.559. The Hall–Kier alpha value is -2.90. The van der Waals surface area contributed by atoms with Gasteiger partial charge in [0.1, 0.15) is 0 Å². The fourth-order valence-electron chi connectivity index (χ4n) is 0.987. The minimum Gasteiger partial charge on any atom is -0.260 e. The van der Waals surface area contributed by atoms with Crippen LogP contribution in [0.4, 0.5) is 11.6 Å². The van der Waals surface area contributed by atoms with E-state index >= 15 is 0 Å². The number of anilines is 2. The third-order valence-electron chi connectivity index (χ3n) is 1.70. The van der Waals surface area contributed by atoms with Crippen LogP contribution in [0.3, 0.4) is 0 Å². The normalized spacial score (nSPS) is 10.9. The van der Waals surface area contributed by atoms with E-state index in [2.05, 4.69) is 41.0 Å². The Morgan fingerprint density at radius 3 is 1.67 bits per heavy atom. The van der Waals surface area contributed by atoms with Crippen molar-refractivity contribution in [3.05, 3.63) is 37.2 Å². The number of nitrogens with one attached hydrogen (secondary N) is 2. The lowest BCUT2D eigenvalue weighted by Gasteiger charge is -1.95. The van der Waals surface area contributed by atoms with Gasteiger partial charge in [-0.15, -0.1) is 0 Å². The van der Waals surface area contributed by atoms with E-state index in [1.54, 1.807) is 37.2 Å². The summed E-state index contributed by atoms with van der Waals surface area (Å²) in [5, 5.41) is 7.74. The van der Waals surface area contributed by atoms with Crippen LogP contribution in [0.5, 0.6) is 0 Å². The number of hydrogen-bond acceptors (Lipinski definition) is 8. The van der Waals surface area contributed by atoms with Gasteiger partial charge in [-0.1, -0.05) is 0 Å². The average Bonchev–Trinajstić information content (AvgIpc) is 2.45. The molecule has 0 aliphatic carbocycles. The molecule has 2 rings (SSSR count). The maximum atomic E-state index is 3.98. The van der Waals surface area contributed by atoms with Crippen molar-refractivity contribution in [2.24, 2.45) is 10.2 Å². The molecule has 0 aliphatic rings. The zero-order valence-electron chi connectivity index (χ0n) is 9.30. The van der Waals surface area contributed by atoms with E-state index in [1.807, 2.05) is 0 Å². The lowest BCUT2D eigenvalue weighted by Crippen LogP contribution is -1.95. The standard InChI is InChI=1S/C10H10N8/c1-3-13-9(7-11-1)17-15-5-6-16-18-10-8-12-2-4-14-10/h1-8H,(H,13,17)(H,14,18)/b15-5+,16-6+. The molecule has 8 heteroatoms. The molecule has 0 aromatic carbocycles. The molecule has 0 saturated carbocycles. The van der Waals surface area contributed by atoms with E-state index in [4.69, 9.17) is 0 Å². The first-order valence-corrected chi connectivity index (χ1v) is 5.04. The molecule has 2 aromatic rings. The molecule has 0 spiro atoms. The number of nitrogens with zero attached hydrogens (tertiary/aromatic N) is 6. The molecule has 8 nitrogen and oxygen atoms in total. The van der Waals surface area contributed by atoms with Crippen molar-refractivity contribution in [2.75, 3.05) is 10.9 Å². The van der Waals surface area contributed by atoms with Crippen molar-refractivity contribution in [1.82, 2.24) is 19.9 Å². The van der Waals surface area contributed by atoms with Gasteiger partial charge in [-0.3, -0.25) is 20.8 Å². The van der Waals surface area contributed by atoms with Gasteiger partial charge in [-0.05, 0) is 0 Å². The molecular weight excluding hydrogens is 232 g/mol. The van der Waals surface area contributed by atoms with Gasteiger partial charge in [0.15, 0.2) is 11.6 Å². The number of aromatic nitrogens is 4. The second kappa shape index (κ2) is 6.63. The van der Waals surface area contributed by atoms with Crippen LogP contribution in [0.15, 0.2) is 47.4 Å². The maximum absolute atomic E-state index is 3.98. The second-order valence-corrected chi connectivity index (χ2v) is 2.96. The Kier molecular flexibility index (Phi) is 4.27. The molecule has 0 aliphatic heterocycles. The van der Waals surface area contributed by atoms with Crippen LogP contribution in [0, 0.1) is 0 Å². The fourth-order valence-corrected chi connectivity index (χ4v) is 0.987. The minimum absolute atomic E-state index is 0.559. The summed E-state index contributed by atoms with van der Waals surface area (Å²) in [5.41, 5.74) is 5.38. The molecule has 0 radical (unpaired) electrons. The predicted octanol–water partition coefficient (Wildman–Crippen LogP) is 0.762. The first-order chi connectivity index (χ1) is 8.95. The largest absolute Gasteiger partial charge is 0.260 e. The highest BCUT2D eigenvalue weighted by molar-refractivity contribution is 6.16. The molecule has 18 heavy (non-hydrogen) atoms. The Balaban J connectivity index is 1.75. The van der Waals surface area contributed by atoms with Crippen LogP contribution in [0.2, 0.25) is 0 Å². The monoisotopic (exact) mass is 242 g/mol. The van der Waals surface area contributed by atoms with Crippen molar-refractivity contribution < 1.29 is 0 Å². The van der Waals surface area contributed by atoms with Gasteiger partial charge in [0.05, 0.1) is 24.8 Å². The van der Waals surface area contributed by atoms with Crippen LogP contribution in [0.1, 0.15) is 0 Å². The Morgan fingerprint density at radius 2 is 1.28 bits per heavy atom. The molecule has 2 N–H and O–H groups in total. The predicted molar refractivity (Wildman–Crippen MR) is 68.3 cm³/mol. The number of hydrogen-bond donors (Lipinski definition) is 2. The fraction of sp³-hybridized carbons (Fsp3) is 0. The van der Waals surface area contributed by atoms with Crippen LogP contribution in [0.25, 0.3) is 0 Å². The summed E-state index contributed by atoms with van der Waals surface area (Å²) < 4.78 is 0. The third-order valence-corrected chi connectivity index (χ3v) is 1.70. The molecule has 90 valence electrons. The molecule has 0 fully saturated rings. The molecule has 0 saturated heterocycles. The maximum Gasteiger partial charge on any atom is 0.164 e. The summed E-state index contributed by atoms with van der Waals surface area (Å²) in [5.74, 6) is 1.12. The highest BCUT2D eigenvalue weighted by Gasteiger charge is 1.86. The Morgan fingerprint density at radius 1 is 0.778 bits per heavy atom. The lowest BCUT2D eigenvalue weighted by molar-refractivity contribution is 1.16. The number of rotatable bonds is 5. The molecular formula is C10H10N8. The SMILES string of the molecule is C(/C=N/Nc1cnccn1)=N\Nc1cnccn1. The van der Waals surface area contributed by atoms with Crippen LogP contribution in [-0.2, 0) is 0 Å². The molecule has 2 heterocycles. The van der Waals surface area contributed by atoms with E-state index in [0.717, 1.165) is 0 Å². The first-order valence-electron chi connectivity index (χ1n) is 5.04. The summed E-state index contributed by atoms with van der Waals surface area (Å²) in [6, 6.07) is 0. The smallest absolute Gasteiger partial charge is 0.164 e. The van der Waals surface area contributed by atoms with E-state index < -0.39 is 0 Å². The van der Waals surface area contributed by atoms with E-state index in [-0.39, 0.29) is 0 Å². The summed E-state index contributed by atoms with van der Waals surface area (Å²) >= 11 is 0. The quantitative estimate of drug-likeness (QED) is 0.593. The van der Waals surface area contributed by atoms with Crippen molar-refractivity contribution in [1.29, 1.82) is 0 Å². The van der Waals surface area contributed by atoms with Crippen molar-refractivity contribution in [3.63, 3.8) is 0 Å². The van der Waals surface area contributed by atoms with Crippen molar-refractivity contribution >= 4 is 24.1 Å². The first kappa shape index (κ1) is 11.6. The zero-order valence-corrected chi connectivity index (χ0v) is 9.30. The second-order valence-electron chi connectivity index (χ2n) is 2.96.